The molecule has 0 fully saturated rings. The number of pyridine rings is 1. The van der Waals surface area contributed by atoms with Gasteiger partial charge in [0.1, 0.15) is 17.6 Å². The summed E-state index contributed by atoms with van der Waals surface area (Å²) in [6.07, 6.45) is 1.79. The second-order valence-corrected chi connectivity index (χ2v) is 3.98. The molecule has 4 nitrogen and oxygen atoms in total. The molecule has 2 rings (SSSR count). The Bertz CT molecular complexity index is 578. The molecule has 20 heavy (non-hydrogen) atoms. The van der Waals surface area contributed by atoms with Crippen molar-refractivity contribution in [1.29, 1.82) is 0 Å². The lowest BCUT2D eigenvalue weighted by atomic mass is 10.0. The molecule has 0 spiro atoms. The predicted molar refractivity (Wildman–Crippen MR) is 67.9 cm³/mol. The monoisotopic (exact) mass is 281 g/mol. The first-order valence-electron chi connectivity index (χ1n) is 5.82. The molecular weight excluding hydrogens is 268 g/mol. The normalized spacial score (nSPS) is 12.2. The predicted octanol–water partition coefficient (Wildman–Crippen LogP) is 2.77. The number of rotatable bonds is 5. The summed E-state index contributed by atoms with van der Waals surface area (Å²) in [6, 6.07) is 7.65. The summed E-state index contributed by atoms with van der Waals surface area (Å²) in [7, 11) is 1.47. The van der Waals surface area contributed by atoms with Crippen LogP contribution in [-0.4, -0.2) is 23.8 Å². The lowest BCUT2D eigenvalue weighted by molar-refractivity contribution is -0.0512. The van der Waals surface area contributed by atoms with Crippen LogP contribution in [0, 0.1) is 0 Å². The third kappa shape index (κ3) is 3.21. The number of aromatic nitrogens is 1. The van der Waals surface area contributed by atoms with Gasteiger partial charge in [0.2, 0.25) is 0 Å². The van der Waals surface area contributed by atoms with Crippen LogP contribution in [0.3, 0.4) is 0 Å². The molecule has 0 aliphatic carbocycles. The zero-order valence-electron chi connectivity index (χ0n) is 10.7. The Morgan fingerprint density at radius 2 is 1.95 bits per heavy atom. The first-order chi connectivity index (χ1) is 9.61. The summed E-state index contributed by atoms with van der Waals surface area (Å²) in [5.74, 6) is 0.395. The molecule has 1 unspecified atom stereocenters. The summed E-state index contributed by atoms with van der Waals surface area (Å²) < 4.78 is 34.1. The number of alkyl halides is 2. The highest BCUT2D eigenvalue weighted by molar-refractivity contribution is 5.40. The van der Waals surface area contributed by atoms with Gasteiger partial charge < -0.3 is 14.6 Å². The van der Waals surface area contributed by atoms with Crippen molar-refractivity contribution < 1.29 is 23.4 Å². The molecule has 0 amide bonds. The van der Waals surface area contributed by atoms with Crippen molar-refractivity contribution in [3.8, 4) is 11.5 Å². The van der Waals surface area contributed by atoms with Gasteiger partial charge in [0.05, 0.1) is 13.3 Å². The average Bonchev–Trinajstić information content (AvgIpc) is 2.46. The average molecular weight is 281 g/mol. The van der Waals surface area contributed by atoms with Crippen molar-refractivity contribution in [1.82, 2.24) is 4.98 Å². The number of methoxy groups -OCH3 is 1. The number of aliphatic hydroxyl groups is 1. The molecule has 1 atom stereocenters. The summed E-state index contributed by atoms with van der Waals surface area (Å²) in [4.78, 5) is 3.92. The van der Waals surface area contributed by atoms with Crippen LogP contribution < -0.4 is 9.47 Å². The maximum Gasteiger partial charge on any atom is 0.387 e. The summed E-state index contributed by atoms with van der Waals surface area (Å²) in [6.45, 7) is -2.95. The third-order valence-corrected chi connectivity index (χ3v) is 2.72. The van der Waals surface area contributed by atoms with Gasteiger partial charge in [-0.25, -0.2) is 0 Å². The number of nitrogens with zero attached hydrogens (tertiary/aromatic N) is 1. The van der Waals surface area contributed by atoms with E-state index in [9.17, 15) is 13.9 Å². The van der Waals surface area contributed by atoms with Crippen LogP contribution in [0.1, 0.15) is 17.2 Å². The number of halogens is 2. The van der Waals surface area contributed by atoms with E-state index in [-0.39, 0.29) is 11.3 Å². The Morgan fingerprint density at radius 1 is 1.20 bits per heavy atom. The molecule has 106 valence electrons. The maximum absolute atomic E-state index is 12.3. The van der Waals surface area contributed by atoms with Gasteiger partial charge in [-0.3, -0.25) is 4.98 Å². The van der Waals surface area contributed by atoms with Crippen LogP contribution in [-0.2, 0) is 0 Å². The van der Waals surface area contributed by atoms with Crippen molar-refractivity contribution in [2.45, 2.75) is 12.7 Å². The lowest BCUT2D eigenvalue weighted by Gasteiger charge is -2.16. The van der Waals surface area contributed by atoms with Gasteiger partial charge in [0.15, 0.2) is 0 Å². The van der Waals surface area contributed by atoms with Crippen LogP contribution in [0.4, 0.5) is 8.78 Å². The summed E-state index contributed by atoms with van der Waals surface area (Å²) >= 11 is 0. The SMILES string of the molecule is COc1cncc(C(O)c2ccccc2OC(F)F)c1. The van der Waals surface area contributed by atoms with Crippen molar-refractivity contribution in [3.63, 3.8) is 0 Å². The number of ether oxygens (including phenoxy) is 2. The van der Waals surface area contributed by atoms with Gasteiger partial charge in [0.25, 0.3) is 0 Å². The molecule has 2 aromatic rings. The molecule has 0 bridgehead atoms. The summed E-state index contributed by atoms with van der Waals surface area (Å²) in [5, 5.41) is 10.3. The molecule has 1 aromatic carbocycles. The second-order valence-electron chi connectivity index (χ2n) is 3.98. The number of hydrogen-bond donors (Lipinski definition) is 1. The van der Waals surface area contributed by atoms with E-state index in [1.54, 1.807) is 18.2 Å². The maximum atomic E-state index is 12.3. The minimum Gasteiger partial charge on any atom is -0.495 e. The Hall–Kier alpha value is -2.21. The summed E-state index contributed by atoms with van der Waals surface area (Å²) in [5.41, 5.74) is 0.664. The van der Waals surface area contributed by atoms with E-state index in [1.165, 1.54) is 31.6 Å². The number of benzene rings is 1. The van der Waals surface area contributed by atoms with E-state index < -0.39 is 12.7 Å². The first kappa shape index (κ1) is 14.2. The molecule has 0 saturated heterocycles. The van der Waals surface area contributed by atoms with E-state index in [2.05, 4.69) is 9.72 Å². The van der Waals surface area contributed by atoms with Crippen LogP contribution in [0.2, 0.25) is 0 Å². The first-order valence-corrected chi connectivity index (χ1v) is 5.82. The number of para-hydroxylation sites is 1. The molecule has 0 aliphatic rings. The molecule has 1 aromatic heterocycles. The minimum absolute atomic E-state index is 0.0715. The van der Waals surface area contributed by atoms with E-state index >= 15 is 0 Å². The standard InChI is InChI=1S/C14H13F2NO3/c1-19-10-6-9(7-17-8-10)13(18)11-4-2-3-5-12(11)20-14(15)16/h2-8,13-14,18H,1H3. The molecule has 1 heterocycles. The fourth-order valence-corrected chi connectivity index (χ4v) is 1.79. The van der Waals surface area contributed by atoms with Crippen molar-refractivity contribution in [2.24, 2.45) is 0 Å². The Morgan fingerprint density at radius 3 is 2.65 bits per heavy atom. The zero-order chi connectivity index (χ0) is 14.5. The lowest BCUT2D eigenvalue weighted by Crippen LogP contribution is -2.08. The third-order valence-electron chi connectivity index (χ3n) is 2.72. The molecule has 0 aliphatic heterocycles. The van der Waals surface area contributed by atoms with Crippen molar-refractivity contribution in [2.75, 3.05) is 7.11 Å². The molecule has 6 heteroatoms. The zero-order valence-corrected chi connectivity index (χ0v) is 10.7. The topological polar surface area (TPSA) is 51.6 Å². The highest BCUT2D eigenvalue weighted by atomic mass is 19.3. The fourth-order valence-electron chi connectivity index (χ4n) is 1.79. The minimum atomic E-state index is -2.95. The number of hydrogen-bond acceptors (Lipinski definition) is 4. The van der Waals surface area contributed by atoms with Gasteiger partial charge in [-0.05, 0) is 12.1 Å². The second kappa shape index (κ2) is 6.29. The van der Waals surface area contributed by atoms with Gasteiger partial charge in [0, 0.05) is 17.3 Å². The van der Waals surface area contributed by atoms with Crippen molar-refractivity contribution >= 4 is 0 Å². The Labute approximate surface area is 114 Å². The van der Waals surface area contributed by atoms with Crippen LogP contribution in [0.25, 0.3) is 0 Å². The van der Waals surface area contributed by atoms with Crippen LogP contribution in [0.15, 0.2) is 42.7 Å². The van der Waals surface area contributed by atoms with Gasteiger partial charge >= 0.3 is 6.61 Å². The highest BCUT2D eigenvalue weighted by Crippen LogP contribution is 2.31. The van der Waals surface area contributed by atoms with E-state index in [0.29, 0.717) is 11.3 Å². The van der Waals surface area contributed by atoms with E-state index in [0.717, 1.165) is 0 Å². The van der Waals surface area contributed by atoms with Gasteiger partial charge in [-0.1, -0.05) is 18.2 Å². The molecule has 1 N–H and O–H groups in total. The largest absolute Gasteiger partial charge is 0.495 e. The number of aliphatic hydroxyl groups excluding tert-OH is 1. The Balaban J connectivity index is 2.34. The smallest absolute Gasteiger partial charge is 0.387 e. The molecular formula is C14H13F2NO3. The van der Waals surface area contributed by atoms with Gasteiger partial charge in [-0.2, -0.15) is 8.78 Å². The highest BCUT2D eigenvalue weighted by Gasteiger charge is 2.18. The Kier molecular flexibility index (Phi) is 4.47. The van der Waals surface area contributed by atoms with Crippen LogP contribution in [0.5, 0.6) is 11.5 Å². The van der Waals surface area contributed by atoms with Gasteiger partial charge in [-0.15, -0.1) is 0 Å². The van der Waals surface area contributed by atoms with E-state index in [4.69, 9.17) is 4.74 Å². The molecule has 0 radical (unpaired) electrons. The quantitative estimate of drug-likeness (QED) is 0.915. The fraction of sp³-hybridized carbons (Fsp3) is 0.214. The van der Waals surface area contributed by atoms with Crippen LogP contribution >= 0.6 is 0 Å². The van der Waals surface area contributed by atoms with E-state index in [1.807, 2.05) is 0 Å². The molecule has 0 saturated carbocycles. The van der Waals surface area contributed by atoms with Crippen molar-refractivity contribution in [3.05, 3.63) is 53.9 Å².